The van der Waals surface area contributed by atoms with Gasteiger partial charge in [0.25, 0.3) is 0 Å². The molecule has 25 heavy (non-hydrogen) atoms. The molecular weight excluding hydrogens is 360 g/mol. The summed E-state index contributed by atoms with van der Waals surface area (Å²) in [5.41, 5.74) is 2.28. The third-order valence-electron chi connectivity index (χ3n) is 4.08. The molecule has 132 valence electrons. The summed E-state index contributed by atoms with van der Waals surface area (Å²) in [7, 11) is -1.41. The number of esters is 1. The zero-order valence-electron chi connectivity index (χ0n) is 13.9. The van der Waals surface area contributed by atoms with Crippen LogP contribution < -0.4 is 4.74 Å². The van der Waals surface area contributed by atoms with Gasteiger partial charge in [-0.1, -0.05) is 23.7 Å². The second-order valence-electron chi connectivity index (χ2n) is 5.72. The highest BCUT2D eigenvalue weighted by atomic mass is 35.5. The lowest BCUT2D eigenvalue weighted by atomic mass is 10.1. The Morgan fingerprint density at radius 1 is 1.24 bits per heavy atom. The number of benzene rings is 2. The first-order chi connectivity index (χ1) is 12.1. The molecule has 1 aliphatic carbocycles. The van der Waals surface area contributed by atoms with Gasteiger partial charge >= 0.3 is 5.97 Å². The van der Waals surface area contributed by atoms with Gasteiger partial charge in [0, 0.05) is 9.92 Å². The summed E-state index contributed by atoms with van der Waals surface area (Å²) in [5.74, 6) is 0.109. The minimum absolute atomic E-state index is 0.0235. The van der Waals surface area contributed by atoms with Crippen molar-refractivity contribution in [2.75, 3.05) is 12.4 Å². The Hall–Kier alpha value is -1.85. The highest BCUT2D eigenvalue weighted by Crippen LogP contribution is 2.38. The summed E-state index contributed by atoms with van der Waals surface area (Å²) in [6.45, 7) is 2.01. The van der Waals surface area contributed by atoms with Gasteiger partial charge in [-0.15, -0.1) is 0 Å². The Morgan fingerprint density at radius 3 is 2.72 bits per heavy atom. The van der Waals surface area contributed by atoms with Crippen molar-refractivity contribution in [3.63, 3.8) is 0 Å². The van der Waals surface area contributed by atoms with E-state index in [-0.39, 0.29) is 18.5 Å². The van der Waals surface area contributed by atoms with Crippen molar-refractivity contribution in [2.45, 2.75) is 30.8 Å². The van der Waals surface area contributed by atoms with E-state index in [1.54, 1.807) is 31.2 Å². The number of carbonyl (C=O) groups is 1. The first kappa shape index (κ1) is 18.0. The summed E-state index contributed by atoms with van der Waals surface area (Å²) >= 11 is 6.23. The first-order valence-electron chi connectivity index (χ1n) is 8.16. The van der Waals surface area contributed by atoms with Gasteiger partial charge in [0.15, 0.2) is 0 Å². The van der Waals surface area contributed by atoms with Gasteiger partial charge in [-0.3, -0.25) is 9.00 Å². The predicted molar refractivity (Wildman–Crippen MR) is 97.5 cm³/mol. The Kier molecular flexibility index (Phi) is 5.76. The molecule has 0 spiro atoms. The van der Waals surface area contributed by atoms with Gasteiger partial charge in [-0.05, 0) is 61.2 Å². The molecule has 0 saturated heterocycles. The number of fused-ring (bicyclic) bond motifs is 1. The third-order valence-corrected chi connectivity index (χ3v) is 5.73. The fraction of sp³-hybridized carbons (Fsp3) is 0.316. The standard InChI is InChI=1S/C19H19ClO4S/c1-2-23-19(21)12-25(22)14-8-6-13(7-9-14)24-18-11-10-15-16(18)4-3-5-17(15)20/h3-9,18H,2,10-12H2,1H3. The molecule has 3 rings (SSSR count). The van der Waals surface area contributed by atoms with Crippen molar-refractivity contribution in [1.82, 2.24) is 0 Å². The molecule has 0 aromatic heterocycles. The molecule has 0 bridgehead atoms. The topological polar surface area (TPSA) is 52.6 Å². The van der Waals surface area contributed by atoms with E-state index >= 15 is 0 Å². The molecule has 2 aromatic rings. The average molecular weight is 379 g/mol. The van der Waals surface area contributed by atoms with E-state index in [1.807, 2.05) is 18.2 Å². The van der Waals surface area contributed by atoms with Crippen LogP contribution in [0.3, 0.4) is 0 Å². The van der Waals surface area contributed by atoms with Crippen molar-refractivity contribution in [3.05, 3.63) is 58.6 Å². The third kappa shape index (κ3) is 4.22. The Balaban J connectivity index is 1.65. The van der Waals surface area contributed by atoms with E-state index in [2.05, 4.69) is 0 Å². The molecule has 0 amide bonds. The molecule has 1 aliphatic rings. The summed E-state index contributed by atoms with van der Waals surface area (Å²) in [5, 5.41) is 0.785. The summed E-state index contributed by atoms with van der Waals surface area (Å²) < 4.78 is 23.0. The molecule has 0 heterocycles. The number of hydrogen-bond donors (Lipinski definition) is 0. The summed E-state index contributed by atoms with van der Waals surface area (Å²) in [4.78, 5) is 12.0. The minimum atomic E-state index is -1.41. The van der Waals surface area contributed by atoms with Gasteiger partial charge in [0.05, 0.1) is 17.4 Å². The largest absolute Gasteiger partial charge is 0.486 e. The SMILES string of the molecule is CCOC(=O)CS(=O)c1ccc(OC2CCc3c(Cl)cccc32)cc1. The number of hydrogen-bond acceptors (Lipinski definition) is 4. The zero-order valence-corrected chi connectivity index (χ0v) is 15.4. The van der Waals surface area contributed by atoms with Gasteiger partial charge in [0.1, 0.15) is 17.6 Å². The fourth-order valence-electron chi connectivity index (χ4n) is 2.92. The zero-order chi connectivity index (χ0) is 17.8. The monoisotopic (exact) mass is 378 g/mol. The fourth-order valence-corrected chi connectivity index (χ4v) is 4.10. The molecule has 2 aromatic carbocycles. The van der Waals surface area contributed by atoms with Crippen molar-refractivity contribution in [1.29, 1.82) is 0 Å². The normalized spacial score (nSPS) is 17.0. The maximum absolute atomic E-state index is 12.1. The van der Waals surface area contributed by atoms with Gasteiger partial charge in [-0.2, -0.15) is 0 Å². The van der Waals surface area contributed by atoms with Crippen LogP contribution >= 0.6 is 11.6 Å². The average Bonchev–Trinajstić information content (AvgIpc) is 3.00. The molecule has 0 aliphatic heterocycles. The lowest BCUT2D eigenvalue weighted by Gasteiger charge is -2.15. The van der Waals surface area contributed by atoms with Crippen molar-refractivity contribution in [3.8, 4) is 5.75 Å². The number of ether oxygens (including phenoxy) is 2. The second-order valence-corrected chi connectivity index (χ2v) is 7.58. The highest BCUT2D eigenvalue weighted by molar-refractivity contribution is 7.85. The smallest absolute Gasteiger partial charge is 0.318 e. The van der Waals surface area contributed by atoms with E-state index in [9.17, 15) is 9.00 Å². The molecule has 4 nitrogen and oxygen atoms in total. The van der Waals surface area contributed by atoms with Crippen LogP contribution in [0.4, 0.5) is 0 Å². The van der Waals surface area contributed by atoms with Crippen molar-refractivity contribution < 1.29 is 18.5 Å². The van der Waals surface area contributed by atoms with Crippen LogP contribution in [0.15, 0.2) is 47.4 Å². The van der Waals surface area contributed by atoms with Gasteiger partial charge in [-0.25, -0.2) is 0 Å². The van der Waals surface area contributed by atoms with E-state index in [0.717, 1.165) is 29.0 Å². The molecule has 6 heteroatoms. The van der Waals surface area contributed by atoms with Crippen LogP contribution in [-0.2, 0) is 26.8 Å². The Morgan fingerprint density at radius 2 is 2.00 bits per heavy atom. The van der Waals surface area contributed by atoms with Crippen LogP contribution in [0, 0.1) is 0 Å². The van der Waals surface area contributed by atoms with Crippen LogP contribution in [0.1, 0.15) is 30.6 Å². The van der Waals surface area contributed by atoms with Crippen molar-refractivity contribution >= 4 is 28.4 Å². The predicted octanol–water partition coefficient (Wildman–Crippen LogP) is 4.08. The van der Waals surface area contributed by atoms with E-state index in [0.29, 0.717) is 10.6 Å². The minimum Gasteiger partial charge on any atom is -0.486 e. The molecule has 0 radical (unpaired) electrons. The first-order valence-corrected chi connectivity index (χ1v) is 9.86. The van der Waals surface area contributed by atoms with Crippen LogP contribution in [0.25, 0.3) is 0 Å². The summed E-state index contributed by atoms with van der Waals surface area (Å²) in [6, 6.07) is 12.9. The van der Waals surface area contributed by atoms with Gasteiger partial charge in [0.2, 0.25) is 0 Å². The highest BCUT2D eigenvalue weighted by Gasteiger charge is 2.25. The number of rotatable bonds is 6. The summed E-state index contributed by atoms with van der Waals surface area (Å²) in [6.07, 6.45) is 1.77. The number of carbonyl (C=O) groups excluding carboxylic acids is 1. The van der Waals surface area contributed by atoms with Crippen LogP contribution in [-0.4, -0.2) is 22.5 Å². The maximum Gasteiger partial charge on any atom is 0.318 e. The second kappa shape index (κ2) is 8.02. The van der Waals surface area contributed by atoms with Crippen molar-refractivity contribution in [2.24, 2.45) is 0 Å². The molecule has 0 N–H and O–H groups in total. The Labute approximate surface area is 154 Å². The molecule has 0 fully saturated rings. The molecule has 2 atom stereocenters. The van der Waals surface area contributed by atoms with E-state index < -0.39 is 16.8 Å². The molecule has 0 saturated carbocycles. The quantitative estimate of drug-likeness (QED) is 0.711. The van der Waals surface area contributed by atoms with E-state index in [1.165, 1.54) is 0 Å². The maximum atomic E-state index is 12.1. The lowest BCUT2D eigenvalue weighted by molar-refractivity contribution is -0.139. The molecular formula is C19H19ClO4S. The van der Waals surface area contributed by atoms with E-state index in [4.69, 9.17) is 21.1 Å². The van der Waals surface area contributed by atoms with Gasteiger partial charge < -0.3 is 9.47 Å². The molecule has 2 unspecified atom stereocenters. The van der Waals surface area contributed by atoms with Crippen LogP contribution in [0.5, 0.6) is 5.75 Å². The number of halogens is 1. The van der Waals surface area contributed by atoms with Crippen LogP contribution in [0.2, 0.25) is 5.02 Å². The lowest BCUT2D eigenvalue weighted by Crippen LogP contribution is -2.14. The Bertz CT molecular complexity index is 789.